The van der Waals surface area contributed by atoms with E-state index >= 15 is 0 Å². The molecule has 0 amide bonds. The maximum absolute atomic E-state index is 2.76. The van der Waals surface area contributed by atoms with Crippen LogP contribution in [-0.2, 0) is 0 Å². The van der Waals surface area contributed by atoms with Gasteiger partial charge in [-0.25, -0.2) is 0 Å². The van der Waals surface area contributed by atoms with Crippen LogP contribution < -0.4 is 0 Å². The molecule has 0 aromatic heterocycles. The van der Waals surface area contributed by atoms with Crippen LogP contribution in [0.25, 0.3) is 0 Å². The fraction of sp³-hybridized carbons (Fsp3) is 1.00. The molecule has 0 spiro atoms. The third-order valence-corrected chi connectivity index (χ3v) is 13.8. The van der Waals surface area contributed by atoms with Crippen LogP contribution >= 0.6 is 18.7 Å². The van der Waals surface area contributed by atoms with Gasteiger partial charge >= 0.3 is 59.7 Å². The summed E-state index contributed by atoms with van der Waals surface area (Å²) in [5.41, 5.74) is 0. The monoisotopic (exact) mass is 328 g/mol. The van der Waals surface area contributed by atoms with E-state index in [1.54, 1.807) is 21.8 Å². The van der Waals surface area contributed by atoms with Crippen molar-refractivity contribution in [3.05, 3.63) is 0 Å². The number of hydrogen-bond acceptors (Lipinski definition) is 0. The van der Waals surface area contributed by atoms with Crippen molar-refractivity contribution in [3.8, 4) is 0 Å². The molecule has 1 aliphatic heterocycles. The molecule has 0 bridgehead atoms. The van der Waals surface area contributed by atoms with Crippen molar-refractivity contribution in [1.82, 2.24) is 0 Å². The van der Waals surface area contributed by atoms with Crippen LogP contribution in [0.5, 0.6) is 0 Å². The molecule has 0 saturated carbocycles. The number of halogens is 1. The average Bonchev–Trinajstić information content (AvgIpc) is 1.84. The summed E-state index contributed by atoms with van der Waals surface area (Å²) in [6, 6.07) is 0. The molecule has 1 heterocycles. The molecule has 0 aliphatic carbocycles. The summed E-state index contributed by atoms with van der Waals surface area (Å²) in [6.07, 6.45) is 3.08. The number of rotatable bonds is 0. The molecule has 1 rings (SSSR count). The summed E-state index contributed by atoms with van der Waals surface area (Å²) < 4.78 is 3.26. The molecule has 0 N–H and O–H groups in total. The molecule has 0 atom stereocenters. The SMILES string of the molecule is C[Te]1(I)CCCC1. The molecule has 0 unspecified atom stereocenters. The fourth-order valence-electron chi connectivity index (χ4n) is 0.908. The Kier molecular flexibility index (Phi) is 2.28. The Bertz CT molecular complexity index is 62.5. The van der Waals surface area contributed by atoms with Gasteiger partial charge < -0.3 is 0 Å². The van der Waals surface area contributed by atoms with Crippen LogP contribution in [0.2, 0.25) is 13.9 Å². The first kappa shape index (κ1) is 6.64. The Morgan fingerprint density at radius 3 is 1.86 bits per heavy atom. The summed E-state index contributed by atoms with van der Waals surface area (Å²) in [7, 11) is 0. The van der Waals surface area contributed by atoms with Gasteiger partial charge in [0, 0.05) is 0 Å². The minimum atomic E-state index is -1.02. The molecule has 7 heavy (non-hydrogen) atoms. The first-order valence-electron chi connectivity index (χ1n) is 2.64. The number of hydrogen-bond donors (Lipinski definition) is 0. The second-order valence-electron chi connectivity index (χ2n) is 2.27. The van der Waals surface area contributed by atoms with Gasteiger partial charge in [0.2, 0.25) is 0 Å². The van der Waals surface area contributed by atoms with E-state index in [1.165, 1.54) is 0 Å². The maximum atomic E-state index is 2.76. The van der Waals surface area contributed by atoms with Gasteiger partial charge in [0.25, 0.3) is 0 Å². The molecular formula is C5H11ITe. The van der Waals surface area contributed by atoms with E-state index < -0.39 is 14.2 Å². The standard InChI is InChI=1S/C5H11ITe/c1-7(6)4-2-3-5-7/h2-5H2,1H3. The van der Waals surface area contributed by atoms with E-state index in [4.69, 9.17) is 0 Å². The Labute approximate surface area is 59.1 Å². The molecule has 1 saturated heterocycles. The van der Waals surface area contributed by atoms with Crippen molar-refractivity contribution in [2.45, 2.75) is 26.8 Å². The molecule has 0 aromatic carbocycles. The predicted molar refractivity (Wildman–Crippen MR) is 44.5 cm³/mol. The average molecular weight is 326 g/mol. The zero-order valence-corrected chi connectivity index (χ0v) is 9.10. The van der Waals surface area contributed by atoms with Crippen molar-refractivity contribution in [1.29, 1.82) is 0 Å². The third-order valence-electron chi connectivity index (χ3n) is 1.39. The summed E-state index contributed by atoms with van der Waals surface area (Å²) in [4.78, 5) is 2.54. The van der Waals surface area contributed by atoms with Crippen molar-refractivity contribution in [3.63, 3.8) is 0 Å². The van der Waals surface area contributed by atoms with Crippen LogP contribution in [0.15, 0.2) is 0 Å². The van der Waals surface area contributed by atoms with E-state index in [0.29, 0.717) is 0 Å². The first-order valence-corrected chi connectivity index (χ1v) is 15.1. The van der Waals surface area contributed by atoms with Crippen LogP contribution in [0, 0.1) is 0 Å². The quantitative estimate of drug-likeness (QED) is 0.474. The minimum absolute atomic E-state index is 1.02. The molecular weight excluding hydrogens is 315 g/mol. The summed E-state index contributed by atoms with van der Waals surface area (Å²) in [5, 5.41) is 0. The van der Waals surface area contributed by atoms with Crippen molar-refractivity contribution in [2.24, 2.45) is 0 Å². The molecule has 1 aliphatic rings. The molecule has 0 aromatic rings. The van der Waals surface area contributed by atoms with Crippen molar-refractivity contribution < 1.29 is 0 Å². The Balaban J connectivity index is 2.40. The van der Waals surface area contributed by atoms with Crippen molar-refractivity contribution >= 4 is 32.9 Å². The fourth-order valence-corrected chi connectivity index (χ4v) is 10.3. The molecule has 2 heteroatoms. The first-order chi connectivity index (χ1) is 3.21. The van der Waals surface area contributed by atoms with Crippen LogP contribution in [0.3, 0.4) is 0 Å². The van der Waals surface area contributed by atoms with Gasteiger partial charge in [-0.05, 0) is 0 Å². The Hall–Kier alpha value is 1.52. The molecule has 1 fully saturated rings. The van der Waals surface area contributed by atoms with E-state index in [0.717, 1.165) is 0 Å². The van der Waals surface area contributed by atoms with Gasteiger partial charge in [-0.1, -0.05) is 0 Å². The van der Waals surface area contributed by atoms with E-state index in [9.17, 15) is 0 Å². The van der Waals surface area contributed by atoms with Crippen molar-refractivity contribution in [2.75, 3.05) is 0 Å². The summed E-state index contributed by atoms with van der Waals surface area (Å²) >= 11 is 1.73. The van der Waals surface area contributed by atoms with E-state index in [2.05, 4.69) is 23.7 Å². The predicted octanol–water partition coefficient (Wildman–Crippen LogP) is 2.79. The van der Waals surface area contributed by atoms with Crippen LogP contribution in [0.1, 0.15) is 12.8 Å². The molecule has 0 nitrogen and oxygen atoms in total. The van der Waals surface area contributed by atoms with Gasteiger partial charge in [-0.15, -0.1) is 0 Å². The Morgan fingerprint density at radius 2 is 1.71 bits per heavy atom. The third kappa shape index (κ3) is 2.07. The van der Waals surface area contributed by atoms with Crippen LogP contribution in [0.4, 0.5) is 0 Å². The van der Waals surface area contributed by atoms with Gasteiger partial charge in [0.05, 0.1) is 0 Å². The van der Waals surface area contributed by atoms with Gasteiger partial charge in [-0.3, -0.25) is 0 Å². The van der Waals surface area contributed by atoms with Crippen LogP contribution in [-0.4, -0.2) is 14.2 Å². The second-order valence-corrected chi connectivity index (χ2v) is 25.5. The second kappa shape index (κ2) is 2.41. The molecule has 44 valence electrons. The van der Waals surface area contributed by atoms with Gasteiger partial charge in [-0.2, -0.15) is 0 Å². The van der Waals surface area contributed by atoms with Gasteiger partial charge in [0.15, 0.2) is 0 Å². The summed E-state index contributed by atoms with van der Waals surface area (Å²) in [6.45, 7) is 0. The molecule has 0 radical (unpaired) electrons. The zero-order chi connectivity index (χ0) is 5.33. The summed E-state index contributed by atoms with van der Waals surface area (Å²) in [5.74, 6) is 0. The van der Waals surface area contributed by atoms with E-state index in [1.807, 2.05) is 0 Å². The van der Waals surface area contributed by atoms with Gasteiger partial charge in [0.1, 0.15) is 0 Å². The normalized spacial score (nSPS) is 32.9. The van der Waals surface area contributed by atoms with E-state index in [-0.39, 0.29) is 0 Å². The topological polar surface area (TPSA) is 0 Å². The Morgan fingerprint density at radius 1 is 1.29 bits per heavy atom. The zero-order valence-electron chi connectivity index (χ0n) is 4.61.